The maximum absolute atomic E-state index is 12.2. The number of piperazine rings is 1. The second-order valence-corrected chi connectivity index (χ2v) is 5.49. The lowest BCUT2D eigenvalue weighted by atomic mass is 10.1. The van der Waals surface area contributed by atoms with Crippen molar-refractivity contribution in [3.63, 3.8) is 0 Å². The number of carboxylic acid groups (broad SMARTS) is 1. The van der Waals surface area contributed by atoms with Gasteiger partial charge in [-0.1, -0.05) is 12.1 Å². The van der Waals surface area contributed by atoms with Gasteiger partial charge in [0.1, 0.15) is 6.54 Å². The monoisotopic (exact) mass is 345 g/mol. The van der Waals surface area contributed by atoms with E-state index in [-0.39, 0.29) is 18.5 Å². The van der Waals surface area contributed by atoms with Crippen molar-refractivity contribution >= 4 is 18.0 Å². The fourth-order valence-electron chi connectivity index (χ4n) is 2.41. The summed E-state index contributed by atoms with van der Waals surface area (Å²) >= 11 is 0. The van der Waals surface area contributed by atoms with Crippen LogP contribution in [0.2, 0.25) is 0 Å². The molecule has 1 aromatic carbocycles. The fraction of sp³-hybridized carbons (Fsp3) is 0.375. The predicted octanol–water partition coefficient (Wildman–Crippen LogP) is 0.180. The summed E-state index contributed by atoms with van der Waals surface area (Å²) in [6.07, 6.45) is -1.24. The van der Waals surface area contributed by atoms with Gasteiger partial charge < -0.3 is 25.5 Å². The highest BCUT2D eigenvalue weighted by atomic mass is 16.4. The van der Waals surface area contributed by atoms with Crippen LogP contribution >= 0.6 is 0 Å². The number of amides is 4. The van der Waals surface area contributed by atoms with Gasteiger partial charge in [0.25, 0.3) is 0 Å². The van der Waals surface area contributed by atoms with E-state index in [9.17, 15) is 14.4 Å². The van der Waals surface area contributed by atoms with Crippen LogP contribution in [0.25, 0.3) is 0 Å². The molecule has 25 heavy (non-hydrogen) atoms. The van der Waals surface area contributed by atoms with Gasteiger partial charge in [-0.15, -0.1) is 0 Å². The highest BCUT2D eigenvalue weighted by molar-refractivity contribution is 5.82. The summed E-state index contributed by atoms with van der Waals surface area (Å²) in [6, 6.07) is 8.76. The number of rotatable bonds is 4. The molecule has 0 bridgehead atoms. The lowest BCUT2D eigenvalue weighted by molar-refractivity contribution is -0.131. The molecule has 1 aliphatic rings. The normalized spacial score (nSPS) is 13.7. The first-order valence-corrected chi connectivity index (χ1v) is 7.76. The molecule has 2 rings (SSSR count). The third kappa shape index (κ3) is 5.39. The van der Waals surface area contributed by atoms with Crippen LogP contribution in [-0.2, 0) is 11.3 Å². The summed E-state index contributed by atoms with van der Waals surface area (Å²) in [5.74, 6) is -0.306. The molecule has 9 heteroatoms. The molecule has 0 aromatic heterocycles. The van der Waals surface area contributed by atoms with Crippen molar-refractivity contribution < 1.29 is 19.5 Å². The standard InChI is InChI=1S/C16H19N5O4/c17-9-12-1-3-13(4-2-12)10-18-15(23)21-7-5-20(6-8-21)14(22)11-19-16(24)25/h1-4,19H,5-8,10-11H2,(H,18,23)(H,24,25). The van der Waals surface area contributed by atoms with Crippen molar-refractivity contribution in [2.75, 3.05) is 32.7 Å². The van der Waals surface area contributed by atoms with E-state index in [1.807, 2.05) is 11.4 Å². The number of benzene rings is 1. The SMILES string of the molecule is N#Cc1ccc(CNC(=O)N2CCN(C(=O)CNC(=O)O)CC2)cc1. The average Bonchev–Trinajstić information content (AvgIpc) is 2.64. The Kier molecular flexibility index (Phi) is 6.17. The van der Waals surface area contributed by atoms with Crippen LogP contribution in [0, 0.1) is 11.3 Å². The first kappa shape index (κ1) is 18.1. The number of carbonyl (C=O) groups excluding carboxylic acids is 2. The number of hydrogen-bond donors (Lipinski definition) is 3. The molecular weight excluding hydrogens is 326 g/mol. The van der Waals surface area contributed by atoms with Crippen LogP contribution in [0.5, 0.6) is 0 Å². The summed E-state index contributed by atoms with van der Waals surface area (Å²) in [5, 5.41) is 22.1. The molecule has 0 saturated carbocycles. The van der Waals surface area contributed by atoms with E-state index in [0.717, 1.165) is 5.56 Å². The number of nitrogens with zero attached hydrogens (tertiary/aromatic N) is 3. The van der Waals surface area contributed by atoms with E-state index in [1.54, 1.807) is 29.2 Å². The smallest absolute Gasteiger partial charge is 0.405 e. The third-order valence-corrected chi connectivity index (χ3v) is 3.84. The van der Waals surface area contributed by atoms with Crippen LogP contribution < -0.4 is 10.6 Å². The largest absolute Gasteiger partial charge is 0.465 e. The van der Waals surface area contributed by atoms with Crippen LogP contribution in [0.4, 0.5) is 9.59 Å². The second-order valence-electron chi connectivity index (χ2n) is 5.49. The number of carbonyl (C=O) groups is 3. The van der Waals surface area contributed by atoms with Gasteiger partial charge in [-0.3, -0.25) is 4.79 Å². The zero-order valence-corrected chi connectivity index (χ0v) is 13.6. The molecule has 1 aromatic rings. The minimum Gasteiger partial charge on any atom is -0.465 e. The Balaban J connectivity index is 1.74. The number of hydrogen-bond acceptors (Lipinski definition) is 4. The summed E-state index contributed by atoms with van der Waals surface area (Å²) in [5.41, 5.74) is 1.45. The van der Waals surface area contributed by atoms with E-state index in [2.05, 4.69) is 5.32 Å². The summed E-state index contributed by atoms with van der Waals surface area (Å²) in [6.45, 7) is 1.59. The molecule has 1 heterocycles. The first-order chi connectivity index (χ1) is 12.0. The number of nitriles is 1. The van der Waals surface area contributed by atoms with E-state index >= 15 is 0 Å². The summed E-state index contributed by atoms with van der Waals surface area (Å²) in [7, 11) is 0. The molecule has 1 aliphatic heterocycles. The van der Waals surface area contributed by atoms with E-state index < -0.39 is 6.09 Å². The molecule has 0 atom stereocenters. The minimum absolute atomic E-state index is 0.222. The Bertz CT molecular complexity index is 675. The van der Waals surface area contributed by atoms with Gasteiger partial charge in [0.05, 0.1) is 11.6 Å². The van der Waals surface area contributed by atoms with Gasteiger partial charge in [0.2, 0.25) is 5.91 Å². The van der Waals surface area contributed by atoms with Gasteiger partial charge in [-0.05, 0) is 17.7 Å². The Morgan fingerprint density at radius 2 is 1.64 bits per heavy atom. The zero-order valence-electron chi connectivity index (χ0n) is 13.6. The Hall–Kier alpha value is -3.28. The van der Waals surface area contributed by atoms with Gasteiger partial charge >= 0.3 is 12.1 Å². The minimum atomic E-state index is -1.24. The molecule has 1 fully saturated rings. The molecule has 132 valence electrons. The van der Waals surface area contributed by atoms with Crippen molar-refractivity contribution in [1.82, 2.24) is 20.4 Å². The molecule has 0 aliphatic carbocycles. The molecule has 0 spiro atoms. The maximum Gasteiger partial charge on any atom is 0.405 e. The molecule has 0 unspecified atom stereocenters. The predicted molar refractivity (Wildman–Crippen MR) is 87.6 cm³/mol. The second kappa shape index (κ2) is 8.54. The topological polar surface area (TPSA) is 126 Å². The lowest BCUT2D eigenvalue weighted by Gasteiger charge is -2.34. The van der Waals surface area contributed by atoms with Crippen LogP contribution in [0.3, 0.4) is 0 Å². The lowest BCUT2D eigenvalue weighted by Crippen LogP contribution is -2.54. The molecular formula is C16H19N5O4. The molecule has 0 radical (unpaired) electrons. The van der Waals surface area contributed by atoms with E-state index in [1.165, 1.54) is 4.90 Å². The Morgan fingerprint density at radius 1 is 1.04 bits per heavy atom. The van der Waals surface area contributed by atoms with Crippen LogP contribution in [0.15, 0.2) is 24.3 Å². The van der Waals surface area contributed by atoms with Crippen molar-refractivity contribution in [1.29, 1.82) is 5.26 Å². The van der Waals surface area contributed by atoms with Crippen LogP contribution in [-0.4, -0.2) is 65.7 Å². The van der Waals surface area contributed by atoms with Crippen LogP contribution in [0.1, 0.15) is 11.1 Å². The van der Waals surface area contributed by atoms with Gasteiger partial charge in [0, 0.05) is 32.7 Å². The summed E-state index contributed by atoms with van der Waals surface area (Å²) in [4.78, 5) is 37.5. The third-order valence-electron chi connectivity index (χ3n) is 3.84. The Morgan fingerprint density at radius 3 is 2.20 bits per heavy atom. The van der Waals surface area contributed by atoms with E-state index in [4.69, 9.17) is 10.4 Å². The molecule has 9 nitrogen and oxygen atoms in total. The van der Waals surface area contributed by atoms with E-state index in [0.29, 0.717) is 38.3 Å². The molecule has 3 N–H and O–H groups in total. The quantitative estimate of drug-likeness (QED) is 0.718. The first-order valence-electron chi connectivity index (χ1n) is 7.76. The highest BCUT2D eigenvalue weighted by Crippen LogP contribution is 2.05. The van der Waals surface area contributed by atoms with Gasteiger partial charge in [-0.25, -0.2) is 9.59 Å². The maximum atomic E-state index is 12.2. The number of nitrogens with one attached hydrogen (secondary N) is 2. The van der Waals surface area contributed by atoms with Crippen molar-refractivity contribution in [2.45, 2.75) is 6.54 Å². The fourth-order valence-corrected chi connectivity index (χ4v) is 2.41. The van der Waals surface area contributed by atoms with Crippen molar-refractivity contribution in [2.24, 2.45) is 0 Å². The zero-order chi connectivity index (χ0) is 18.2. The molecule has 4 amide bonds. The summed E-state index contributed by atoms with van der Waals surface area (Å²) < 4.78 is 0. The van der Waals surface area contributed by atoms with Crippen molar-refractivity contribution in [3.05, 3.63) is 35.4 Å². The highest BCUT2D eigenvalue weighted by Gasteiger charge is 2.24. The van der Waals surface area contributed by atoms with Crippen molar-refractivity contribution in [3.8, 4) is 6.07 Å². The number of urea groups is 1. The van der Waals surface area contributed by atoms with Gasteiger partial charge in [0.15, 0.2) is 0 Å². The van der Waals surface area contributed by atoms with Gasteiger partial charge in [-0.2, -0.15) is 5.26 Å². The molecule has 1 saturated heterocycles. The average molecular weight is 345 g/mol. The Labute approximate surface area is 144 Å².